The third-order valence-corrected chi connectivity index (χ3v) is 1.23. The molecule has 0 aromatic carbocycles. The van der Waals surface area contributed by atoms with Crippen molar-refractivity contribution in [2.45, 2.75) is 26.2 Å². The molecule has 0 saturated heterocycles. The van der Waals surface area contributed by atoms with Gasteiger partial charge in [-0.25, -0.2) is 0 Å². The molecule has 1 nitrogen and oxygen atoms in total. The molecule has 0 atom stereocenters. The van der Waals surface area contributed by atoms with Crippen molar-refractivity contribution in [3.63, 3.8) is 0 Å². The second-order valence-corrected chi connectivity index (χ2v) is 2.22. The molecule has 11 heavy (non-hydrogen) atoms. The van der Waals surface area contributed by atoms with Gasteiger partial charge in [0, 0.05) is 6.54 Å². The Morgan fingerprint density at radius 3 is 2.91 bits per heavy atom. The largest absolute Gasteiger partial charge is 0.284 e. The lowest BCUT2D eigenvalue weighted by Crippen LogP contribution is -1.79. The standard InChI is InChI=1S/C10H15N/c1-3-5-6-7-8-10-11-9-4-2/h2,5-6,9H,3,7-8,10H2,1H3/b6-5-,11-9?. The second-order valence-electron chi connectivity index (χ2n) is 2.22. The fourth-order valence-corrected chi connectivity index (χ4v) is 0.702. The Morgan fingerprint density at radius 2 is 2.27 bits per heavy atom. The molecule has 1 heteroatoms. The Morgan fingerprint density at radius 1 is 1.45 bits per heavy atom. The van der Waals surface area contributed by atoms with Gasteiger partial charge in [-0.1, -0.05) is 25.0 Å². The van der Waals surface area contributed by atoms with Gasteiger partial charge in [0.25, 0.3) is 0 Å². The summed E-state index contributed by atoms with van der Waals surface area (Å²) in [6.07, 6.45) is 14.2. The first kappa shape index (κ1) is 9.97. The van der Waals surface area contributed by atoms with Gasteiger partial charge in [-0.05, 0) is 19.3 Å². The van der Waals surface area contributed by atoms with Gasteiger partial charge in [0.1, 0.15) is 0 Å². The molecule has 0 bridgehead atoms. The molecule has 0 unspecified atom stereocenters. The van der Waals surface area contributed by atoms with Gasteiger partial charge < -0.3 is 0 Å². The smallest absolute Gasteiger partial charge is 0.0708 e. The van der Waals surface area contributed by atoms with Gasteiger partial charge in [0.05, 0.1) is 6.21 Å². The Labute approximate surface area is 69.2 Å². The lowest BCUT2D eigenvalue weighted by Gasteiger charge is -1.88. The van der Waals surface area contributed by atoms with E-state index in [1.54, 1.807) is 0 Å². The molecule has 0 saturated carbocycles. The van der Waals surface area contributed by atoms with E-state index in [0.717, 1.165) is 25.8 Å². The highest BCUT2D eigenvalue weighted by Crippen LogP contribution is 1.92. The molecular formula is C10H15N. The van der Waals surface area contributed by atoms with E-state index in [4.69, 9.17) is 6.42 Å². The molecule has 0 N–H and O–H groups in total. The average molecular weight is 149 g/mol. The third-order valence-electron chi connectivity index (χ3n) is 1.23. The first-order valence-corrected chi connectivity index (χ1v) is 4.01. The minimum absolute atomic E-state index is 0.845. The molecule has 0 aliphatic heterocycles. The number of allylic oxidation sites excluding steroid dienone is 2. The molecule has 0 spiro atoms. The van der Waals surface area contributed by atoms with Crippen LogP contribution in [0.1, 0.15) is 26.2 Å². The number of rotatable bonds is 5. The van der Waals surface area contributed by atoms with E-state index >= 15 is 0 Å². The molecule has 0 radical (unpaired) electrons. The van der Waals surface area contributed by atoms with Crippen molar-refractivity contribution in [2.75, 3.05) is 6.54 Å². The fraction of sp³-hybridized carbons (Fsp3) is 0.500. The van der Waals surface area contributed by atoms with E-state index < -0.39 is 0 Å². The van der Waals surface area contributed by atoms with Crippen LogP contribution in [-0.4, -0.2) is 12.8 Å². The zero-order valence-corrected chi connectivity index (χ0v) is 7.09. The van der Waals surface area contributed by atoms with Crippen LogP contribution in [0.5, 0.6) is 0 Å². The summed E-state index contributed by atoms with van der Waals surface area (Å²) in [6.45, 7) is 2.98. The van der Waals surface area contributed by atoms with Crippen molar-refractivity contribution in [3.8, 4) is 12.3 Å². The molecule has 0 amide bonds. The number of nitrogens with zero attached hydrogens (tertiary/aromatic N) is 1. The van der Waals surface area contributed by atoms with Crippen molar-refractivity contribution in [2.24, 2.45) is 4.99 Å². The van der Waals surface area contributed by atoms with Crippen LogP contribution in [0.15, 0.2) is 17.1 Å². The molecule has 0 aromatic heterocycles. The van der Waals surface area contributed by atoms with Gasteiger partial charge in [0.15, 0.2) is 0 Å². The van der Waals surface area contributed by atoms with Crippen LogP contribution in [0.3, 0.4) is 0 Å². The summed E-state index contributed by atoms with van der Waals surface area (Å²) < 4.78 is 0. The second kappa shape index (κ2) is 8.97. The minimum atomic E-state index is 0.845. The van der Waals surface area contributed by atoms with Crippen LogP contribution in [0.4, 0.5) is 0 Å². The van der Waals surface area contributed by atoms with Crippen molar-refractivity contribution >= 4 is 6.21 Å². The van der Waals surface area contributed by atoms with Crippen molar-refractivity contribution in [3.05, 3.63) is 12.2 Å². The van der Waals surface area contributed by atoms with Gasteiger partial charge in [0.2, 0.25) is 0 Å². The maximum atomic E-state index is 4.98. The highest BCUT2D eigenvalue weighted by Gasteiger charge is 1.78. The third kappa shape index (κ3) is 8.97. The van der Waals surface area contributed by atoms with Crippen molar-refractivity contribution in [1.29, 1.82) is 0 Å². The summed E-state index contributed by atoms with van der Waals surface area (Å²) in [6, 6.07) is 0. The van der Waals surface area contributed by atoms with E-state index in [1.165, 1.54) is 6.21 Å². The van der Waals surface area contributed by atoms with E-state index in [1.807, 2.05) is 0 Å². The number of hydrogen-bond acceptors (Lipinski definition) is 1. The summed E-state index contributed by atoms with van der Waals surface area (Å²) in [5.41, 5.74) is 0. The number of terminal acetylenes is 1. The SMILES string of the molecule is C#CC=NCCC/C=C\CC. The molecular weight excluding hydrogens is 134 g/mol. The van der Waals surface area contributed by atoms with Gasteiger partial charge in [-0.15, -0.1) is 6.42 Å². The first-order chi connectivity index (χ1) is 5.41. The minimum Gasteiger partial charge on any atom is -0.284 e. The van der Waals surface area contributed by atoms with E-state index in [0.29, 0.717) is 0 Å². The zero-order valence-electron chi connectivity index (χ0n) is 7.09. The molecule has 0 aromatic rings. The number of hydrogen-bond donors (Lipinski definition) is 0. The molecule has 0 rings (SSSR count). The summed E-state index contributed by atoms with van der Waals surface area (Å²) in [7, 11) is 0. The summed E-state index contributed by atoms with van der Waals surface area (Å²) >= 11 is 0. The number of aliphatic imine (C=N–C) groups is 1. The van der Waals surface area contributed by atoms with Crippen LogP contribution in [0, 0.1) is 12.3 Å². The Balaban J connectivity index is 3.10. The van der Waals surface area contributed by atoms with Crippen LogP contribution in [0.25, 0.3) is 0 Å². The molecule has 0 aliphatic carbocycles. The first-order valence-electron chi connectivity index (χ1n) is 4.01. The lowest BCUT2D eigenvalue weighted by molar-refractivity contribution is 0.856. The molecule has 60 valence electrons. The van der Waals surface area contributed by atoms with Crippen molar-refractivity contribution in [1.82, 2.24) is 0 Å². The van der Waals surface area contributed by atoms with Crippen LogP contribution < -0.4 is 0 Å². The quantitative estimate of drug-likeness (QED) is 0.246. The Kier molecular flexibility index (Phi) is 8.13. The summed E-state index contributed by atoms with van der Waals surface area (Å²) in [5.74, 6) is 2.36. The van der Waals surface area contributed by atoms with Crippen LogP contribution in [-0.2, 0) is 0 Å². The lowest BCUT2D eigenvalue weighted by atomic mass is 10.3. The molecule has 0 aliphatic rings. The predicted octanol–water partition coefficient (Wildman–Crippen LogP) is 2.44. The van der Waals surface area contributed by atoms with E-state index in [-0.39, 0.29) is 0 Å². The van der Waals surface area contributed by atoms with Gasteiger partial charge in [-0.3, -0.25) is 4.99 Å². The maximum Gasteiger partial charge on any atom is 0.0708 e. The van der Waals surface area contributed by atoms with Gasteiger partial charge >= 0.3 is 0 Å². The van der Waals surface area contributed by atoms with Crippen LogP contribution in [0.2, 0.25) is 0 Å². The van der Waals surface area contributed by atoms with Crippen molar-refractivity contribution < 1.29 is 0 Å². The normalized spacial score (nSPS) is 10.9. The maximum absolute atomic E-state index is 4.98. The molecule has 0 fully saturated rings. The molecule has 0 heterocycles. The van der Waals surface area contributed by atoms with Crippen LogP contribution >= 0.6 is 0 Å². The monoisotopic (exact) mass is 149 g/mol. The summed E-state index contributed by atoms with van der Waals surface area (Å²) in [4.78, 5) is 3.99. The van der Waals surface area contributed by atoms with E-state index in [9.17, 15) is 0 Å². The topological polar surface area (TPSA) is 12.4 Å². The number of unbranched alkanes of at least 4 members (excludes halogenated alkanes) is 1. The Bertz CT molecular complexity index is 160. The highest BCUT2D eigenvalue weighted by atomic mass is 14.7. The predicted molar refractivity (Wildman–Crippen MR) is 50.9 cm³/mol. The Hall–Kier alpha value is -1.03. The highest BCUT2D eigenvalue weighted by molar-refractivity contribution is 5.77. The van der Waals surface area contributed by atoms with E-state index in [2.05, 4.69) is 30.0 Å². The zero-order chi connectivity index (χ0) is 8.36. The summed E-state index contributed by atoms with van der Waals surface area (Å²) in [5, 5.41) is 0. The van der Waals surface area contributed by atoms with Gasteiger partial charge in [-0.2, -0.15) is 0 Å². The fourth-order valence-electron chi connectivity index (χ4n) is 0.702. The average Bonchev–Trinajstić information content (AvgIpc) is 2.03.